The number of rotatable bonds is 5. The van der Waals surface area contributed by atoms with Crippen LogP contribution in [0.25, 0.3) is 22.6 Å². The lowest BCUT2D eigenvalue weighted by atomic mass is 9.80. The maximum Gasteiger partial charge on any atom is 0.437 e. The smallest absolute Gasteiger partial charge is 0.336 e. The number of aromatic nitrogens is 6. The minimum absolute atomic E-state index is 0.249. The zero-order chi connectivity index (χ0) is 23.3. The summed E-state index contributed by atoms with van der Waals surface area (Å²) in [6.45, 7) is 0.815. The van der Waals surface area contributed by atoms with Gasteiger partial charge >= 0.3 is 6.18 Å². The minimum Gasteiger partial charge on any atom is -0.336 e. The van der Waals surface area contributed by atoms with Crippen LogP contribution in [0.3, 0.4) is 0 Å². The lowest BCUT2D eigenvalue weighted by Gasteiger charge is -2.28. The summed E-state index contributed by atoms with van der Waals surface area (Å²) < 4.78 is 41.8. The van der Waals surface area contributed by atoms with Crippen molar-refractivity contribution in [2.45, 2.75) is 56.7 Å². The lowest BCUT2D eigenvalue weighted by molar-refractivity contribution is -0.140. The molecule has 0 unspecified atom stereocenters. The van der Waals surface area contributed by atoms with Gasteiger partial charge in [0.05, 0.1) is 12.0 Å². The number of halogens is 3. The summed E-state index contributed by atoms with van der Waals surface area (Å²) in [6, 6.07) is 9.82. The second-order valence-corrected chi connectivity index (χ2v) is 9.18. The van der Waals surface area contributed by atoms with Gasteiger partial charge in [-0.3, -0.25) is 4.98 Å². The molecule has 1 saturated carbocycles. The summed E-state index contributed by atoms with van der Waals surface area (Å²) in [5.74, 6) is 1.17. The molecule has 1 fully saturated rings. The summed E-state index contributed by atoms with van der Waals surface area (Å²) in [7, 11) is 0. The minimum atomic E-state index is -4.59. The highest BCUT2D eigenvalue weighted by Crippen LogP contribution is 2.45. The van der Waals surface area contributed by atoms with Crippen molar-refractivity contribution in [2.24, 2.45) is 0 Å². The summed E-state index contributed by atoms with van der Waals surface area (Å²) in [4.78, 5) is 8.82. The van der Waals surface area contributed by atoms with E-state index in [1.54, 1.807) is 23.5 Å². The predicted molar refractivity (Wildman–Crippen MR) is 120 cm³/mol. The molecule has 2 aliphatic rings. The van der Waals surface area contributed by atoms with Crippen LogP contribution in [0.4, 0.5) is 13.2 Å². The second kappa shape index (κ2) is 8.07. The van der Waals surface area contributed by atoms with E-state index in [4.69, 9.17) is 0 Å². The Morgan fingerprint density at radius 1 is 1.00 bits per heavy atom. The van der Waals surface area contributed by atoms with Crippen LogP contribution in [0.5, 0.6) is 0 Å². The molecule has 0 radical (unpaired) electrons. The molecule has 1 atom stereocenters. The predicted octanol–water partition coefficient (Wildman–Crippen LogP) is 5.75. The molecule has 0 amide bonds. The molecule has 0 aliphatic heterocycles. The van der Waals surface area contributed by atoms with E-state index in [2.05, 4.69) is 48.1 Å². The number of fused-ring (bicyclic) bond motifs is 1. The zero-order valence-corrected chi connectivity index (χ0v) is 18.4. The summed E-state index contributed by atoms with van der Waals surface area (Å²) in [6.07, 6.45) is 6.65. The first-order chi connectivity index (χ1) is 16.5. The molecular weight excluding hydrogens is 441 g/mol. The molecule has 0 spiro atoms. The fraction of sp³-hybridized carbons (Fsp3) is 0.360. The van der Waals surface area contributed by atoms with Gasteiger partial charge < -0.3 is 4.57 Å². The topological polar surface area (TPSA) is 72.3 Å². The van der Waals surface area contributed by atoms with Crippen molar-refractivity contribution in [1.29, 1.82) is 0 Å². The van der Waals surface area contributed by atoms with E-state index in [0.717, 1.165) is 25.3 Å². The molecule has 4 aromatic rings. The molecule has 3 heterocycles. The van der Waals surface area contributed by atoms with Crippen LogP contribution in [0.1, 0.15) is 59.9 Å². The van der Waals surface area contributed by atoms with Gasteiger partial charge in [-0.1, -0.05) is 18.2 Å². The number of H-pyrrole nitrogens is 1. The van der Waals surface area contributed by atoms with Gasteiger partial charge in [0.1, 0.15) is 11.4 Å². The maximum atomic E-state index is 13.2. The Balaban J connectivity index is 1.25. The van der Waals surface area contributed by atoms with Crippen molar-refractivity contribution in [3.8, 4) is 22.6 Å². The van der Waals surface area contributed by atoms with Gasteiger partial charge in [0.15, 0.2) is 5.69 Å². The van der Waals surface area contributed by atoms with Crippen molar-refractivity contribution >= 4 is 0 Å². The highest BCUT2D eigenvalue weighted by Gasteiger charge is 2.38. The number of imidazole rings is 1. The Morgan fingerprint density at radius 2 is 1.85 bits per heavy atom. The van der Waals surface area contributed by atoms with Gasteiger partial charge in [-0.2, -0.15) is 28.6 Å². The van der Waals surface area contributed by atoms with Crippen molar-refractivity contribution in [1.82, 2.24) is 29.9 Å². The Hall–Kier alpha value is -3.49. The normalized spacial score (nSPS) is 18.1. The standard InChI is InChI=1S/C25H23F3N6/c26-25(27,28)24-23(31-33-32-24)16-9-10-29-21(11-16)22-13-34(14-30-22)12-17-3-1-6-20-18(15-7-8-15)4-2-5-19(17)20/h2,4-5,9-11,13-15,17H,1,3,6-8,12H2,(H,31,32,33)/t17-/m1/s1. The third kappa shape index (κ3) is 3.89. The third-order valence-electron chi connectivity index (χ3n) is 6.86. The summed E-state index contributed by atoms with van der Waals surface area (Å²) in [5, 5.41) is 9.05. The van der Waals surface area contributed by atoms with Crippen molar-refractivity contribution in [3.05, 3.63) is 71.4 Å². The molecule has 6 rings (SSSR count). The first-order valence-corrected chi connectivity index (χ1v) is 11.6. The average Bonchev–Trinajstić information content (AvgIpc) is 3.35. The quantitative estimate of drug-likeness (QED) is 0.408. The summed E-state index contributed by atoms with van der Waals surface area (Å²) in [5.41, 5.74) is 4.64. The van der Waals surface area contributed by atoms with E-state index in [0.29, 0.717) is 17.3 Å². The molecule has 9 heteroatoms. The Kier molecular flexibility index (Phi) is 5.00. The van der Waals surface area contributed by atoms with E-state index in [1.165, 1.54) is 37.1 Å². The number of alkyl halides is 3. The number of aromatic amines is 1. The Morgan fingerprint density at radius 3 is 2.68 bits per heavy atom. The van der Waals surface area contributed by atoms with Crippen molar-refractivity contribution in [2.75, 3.05) is 0 Å². The zero-order valence-electron chi connectivity index (χ0n) is 18.4. The monoisotopic (exact) mass is 464 g/mol. The molecule has 0 saturated heterocycles. The van der Waals surface area contributed by atoms with Gasteiger partial charge in [-0.05, 0) is 66.8 Å². The number of benzene rings is 1. The van der Waals surface area contributed by atoms with Crippen LogP contribution in [0.15, 0.2) is 49.1 Å². The van der Waals surface area contributed by atoms with Crippen LogP contribution in [-0.4, -0.2) is 29.9 Å². The molecule has 0 bridgehead atoms. The summed E-state index contributed by atoms with van der Waals surface area (Å²) >= 11 is 0. The second-order valence-electron chi connectivity index (χ2n) is 9.18. The maximum absolute atomic E-state index is 13.2. The molecule has 1 aromatic carbocycles. The SMILES string of the molecule is FC(F)(F)c1n[nH]nc1-c1ccnc(-c2cn(C[C@H]3CCCc4c(C5CC5)cccc43)cn2)c1. The van der Waals surface area contributed by atoms with Gasteiger partial charge in [0, 0.05) is 30.4 Å². The first kappa shape index (κ1) is 21.1. The Bertz CT molecular complexity index is 1330. The molecule has 174 valence electrons. The average molecular weight is 464 g/mol. The fourth-order valence-electron chi connectivity index (χ4n) is 5.14. The van der Waals surface area contributed by atoms with Crippen LogP contribution >= 0.6 is 0 Å². The largest absolute Gasteiger partial charge is 0.437 e. The lowest BCUT2D eigenvalue weighted by Crippen LogP contribution is -2.16. The van der Waals surface area contributed by atoms with Crippen molar-refractivity contribution in [3.63, 3.8) is 0 Å². The number of nitrogens with zero attached hydrogens (tertiary/aromatic N) is 5. The van der Waals surface area contributed by atoms with Crippen LogP contribution in [-0.2, 0) is 19.1 Å². The number of hydrogen-bond acceptors (Lipinski definition) is 4. The van der Waals surface area contributed by atoms with Gasteiger partial charge in [-0.15, -0.1) is 0 Å². The van der Waals surface area contributed by atoms with E-state index in [1.807, 2.05) is 6.20 Å². The van der Waals surface area contributed by atoms with Crippen LogP contribution < -0.4 is 0 Å². The molecular formula is C25H23F3N6. The molecule has 34 heavy (non-hydrogen) atoms. The number of nitrogens with one attached hydrogen (secondary N) is 1. The van der Waals surface area contributed by atoms with E-state index in [9.17, 15) is 13.2 Å². The van der Waals surface area contributed by atoms with Gasteiger partial charge in [0.2, 0.25) is 0 Å². The van der Waals surface area contributed by atoms with Crippen molar-refractivity contribution < 1.29 is 13.2 Å². The van der Waals surface area contributed by atoms with E-state index < -0.39 is 11.9 Å². The number of pyridine rings is 1. The molecule has 1 N–H and O–H groups in total. The van der Waals surface area contributed by atoms with Gasteiger partial charge in [0.25, 0.3) is 0 Å². The van der Waals surface area contributed by atoms with Crippen LogP contribution in [0, 0.1) is 0 Å². The fourth-order valence-corrected chi connectivity index (χ4v) is 5.14. The molecule has 6 nitrogen and oxygen atoms in total. The van der Waals surface area contributed by atoms with Gasteiger partial charge in [-0.25, -0.2) is 4.98 Å². The van der Waals surface area contributed by atoms with E-state index >= 15 is 0 Å². The Labute approximate surface area is 194 Å². The molecule has 3 aromatic heterocycles. The van der Waals surface area contributed by atoms with E-state index in [-0.39, 0.29) is 11.3 Å². The number of hydrogen-bond donors (Lipinski definition) is 1. The first-order valence-electron chi connectivity index (χ1n) is 11.6. The third-order valence-corrected chi connectivity index (χ3v) is 6.86. The highest BCUT2D eigenvalue weighted by molar-refractivity contribution is 5.67. The molecule has 2 aliphatic carbocycles. The van der Waals surface area contributed by atoms with Crippen LogP contribution in [0.2, 0.25) is 0 Å². The highest BCUT2D eigenvalue weighted by atomic mass is 19.4.